The summed E-state index contributed by atoms with van der Waals surface area (Å²) in [4.78, 5) is 15.8. The highest BCUT2D eigenvalue weighted by Gasteiger charge is 2.10. The molecule has 18 heavy (non-hydrogen) atoms. The monoisotopic (exact) mass is 274 g/mol. The van der Waals surface area contributed by atoms with Gasteiger partial charge in [-0.15, -0.1) is 0 Å². The van der Waals surface area contributed by atoms with Crippen LogP contribution in [-0.4, -0.2) is 36.6 Å². The van der Waals surface area contributed by atoms with E-state index in [-0.39, 0.29) is 29.6 Å². The summed E-state index contributed by atoms with van der Waals surface area (Å²) in [6.07, 6.45) is 0.372. The van der Waals surface area contributed by atoms with E-state index < -0.39 is 9.84 Å². The second-order valence-electron chi connectivity index (χ2n) is 3.96. The Balaban J connectivity index is 2.83. The number of aromatic nitrogens is 2. The van der Waals surface area contributed by atoms with Crippen molar-refractivity contribution in [1.29, 1.82) is 0 Å². The number of hydrogen-bond donors (Lipinski definition) is 0. The molecule has 1 aromatic heterocycles. The molecule has 0 amide bonds. The van der Waals surface area contributed by atoms with Gasteiger partial charge in [-0.2, -0.15) is 0 Å². The van der Waals surface area contributed by atoms with Gasteiger partial charge in [0.25, 0.3) is 11.6 Å². The van der Waals surface area contributed by atoms with Crippen LogP contribution in [0.15, 0.2) is 10.9 Å². The van der Waals surface area contributed by atoms with Gasteiger partial charge in [0, 0.05) is 24.1 Å². The van der Waals surface area contributed by atoms with Crippen LogP contribution >= 0.6 is 0 Å². The van der Waals surface area contributed by atoms with Crippen molar-refractivity contribution in [3.05, 3.63) is 22.1 Å². The second-order valence-corrected chi connectivity index (χ2v) is 6.44. The SMILES string of the molecule is CCS(=O)(=O)CCCn1c(OC)nc(C)cc1=O. The molecular formula is C11H18N2O4S. The Morgan fingerprint density at radius 1 is 1.44 bits per heavy atom. The van der Waals surface area contributed by atoms with E-state index in [1.807, 2.05) is 0 Å². The lowest BCUT2D eigenvalue weighted by Gasteiger charge is -2.10. The fourth-order valence-electron chi connectivity index (χ4n) is 1.54. The molecule has 0 N–H and O–H groups in total. The van der Waals surface area contributed by atoms with Gasteiger partial charge in [0.2, 0.25) is 0 Å². The van der Waals surface area contributed by atoms with E-state index in [2.05, 4.69) is 4.98 Å². The fourth-order valence-corrected chi connectivity index (χ4v) is 2.40. The predicted octanol–water partition coefficient (Wildman–Crippen LogP) is 0.385. The van der Waals surface area contributed by atoms with Crippen molar-refractivity contribution >= 4 is 9.84 Å². The van der Waals surface area contributed by atoms with Crippen LogP contribution < -0.4 is 10.3 Å². The summed E-state index contributed by atoms with van der Waals surface area (Å²) >= 11 is 0. The third-order valence-electron chi connectivity index (χ3n) is 2.56. The van der Waals surface area contributed by atoms with Gasteiger partial charge in [0.15, 0.2) is 0 Å². The lowest BCUT2D eigenvalue weighted by molar-refractivity contribution is 0.343. The molecule has 0 saturated heterocycles. The van der Waals surface area contributed by atoms with Gasteiger partial charge in [-0.3, -0.25) is 9.36 Å². The van der Waals surface area contributed by atoms with Crippen LogP contribution in [0.1, 0.15) is 19.0 Å². The molecule has 1 rings (SSSR count). The number of rotatable bonds is 6. The largest absolute Gasteiger partial charge is 0.468 e. The van der Waals surface area contributed by atoms with E-state index in [0.717, 1.165) is 0 Å². The van der Waals surface area contributed by atoms with E-state index in [0.29, 0.717) is 12.1 Å². The molecule has 6 nitrogen and oxygen atoms in total. The van der Waals surface area contributed by atoms with Gasteiger partial charge in [-0.05, 0) is 13.3 Å². The zero-order valence-electron chi connectivity index (χ0n) is 10.8. The number of hydrogen-bond acceptors (Lipinski definition) is 5. The normalized spacial score (nSPS) is 11.5. The third-order valence-corrected chi connectivity index (χ3v) is 4.35. The van der Waals surface area contributed by atoms with E-state index in [1.165, 1.54) is 17.7 Å². The summed E-state index contributed by atoms with van der Waals surface area (Å²) in [7, 11) is -1.58. The van der Waals surface area contributed by atoms with Crippen molar-refractivity contribution in [2.75, 3.05) is 18.6 Å². The Kier molecular flexibility index (Phi) is 4.89. The summed E-state index contributed by atoms with van der Waals surface area (Å²) in [6.45, 7) is 3.60. The molecule has 0 saturated carbocycles. The average Bonchev–Trinajstić information content (AvgIpc) is 2.31. The lowest BCUT2D eigenvalue weighted by Crippen LogP contribution is -2.24. The first-order chi connectivity index (χ1) is 8.39. The smallest absolute Gasteiger partial charge is 0.299 e. The number of aryl methyl sites for hydroxylation is 1. The van der Waals surface area contributed by atoms with Crippen LogP contribution in [0.2, 0.25) is 0 Å². The number of sulfone groups is 1. The maximum Gasteiger partial charge on any atom is 0.299 e. The van der Waals surface area contributed by atoms with Gasteiger partial charge in [0.1, 0.15) is 9.84 Å². The van der Waals surface area contributed by atoms with Crippen molar-refractivity contribution in [3.63, 3.8) is 0 Å². The van der Waals surface area contributed by atoms with Gasteiger partial charge in [-0.1, -0.05) is 6.92 Å². The molecule has 102 valence electrons. The summed E-state index contributed by atoms with van der Waals surface area (Å²) in [5.41, 5.74) is 0.350. The first-order valence-electron chi connectivity index (χ1n) is 5.72. The van der Waals surface area contributed by atoms with E-state index in [1.54, 1.807) is 13.8 Å². The molecule has 0 atom stereocenters. The van der Waals surface area contributed by atoms with Crippen LogP contribution in [0.5, 0.6) is 6.01 Å². The van der Waals surface area contributed by atoms with E-state index >= 15 is 0 Å². The minimum atomic E-state index is -3.01. The molecule has 0 aliphatic carbocycles. The van der Waals surface area contributed by atoms with Crippen LogP contribution in [-0.2, 0) is 16.4 Å². The summed E-state index contributed by atoms with van der Waals surface area (Å²) < 4.78 is 29.1. The molecule has 0 aliphatic rings. The second kappa shape index (κ2) is 5.99. The van der Waals surface area contributed by atoms with Crippen molar-refractivity contribution in [2.24, 2.45) is 0 Å². The Bertz CT molecular complexity index is 563. The molecule has 0 unspecified atom stereocenters. The number of ether oxygens (including phenoxy) is 1. The van der Waals surface area contributed by atoms with Crippen molar-refractivity contribution < 1.29 is 13.2 Å². The van der Waals surface area contributed by atoms with Crippen molar-refractivity contribution in [2.45, 2.75) is 26.8 Å². The predicted molar refractivity (Wildman–Crippen MR) is 68.7 cm³/mol. The van der Waals surface area contributed by atoms with E-state index in [4.69, 9.17) is 4.74 Å². The highest BCUT2D eigenvalue weighted by atomic mass is 32.2. The molecule has 0 aromatic carbocycles. The lowest BCUT2D eigenvalue weighted by atomic mass is 10.4. The van der Waals surface area contributed by atoms with Crippen LogP contribution in [0.3, 0.4) is 0 Å². The first kappa shape index (κ1) is 14.7. The van der Waals surface area contributed by atoms with Crippen molar-refractivity contribution in [1.82, 2.24) is 9.55 Å². The topological polar surface area (TPSA) is 78.3 Å². The Hall–Kier alpha value is -1.37. The van der Waals surface area contributed by atoms with Crippen LogP contribution in [0.25, 0.3) is 0 Å². The number of nitrogens with zero attached hydrogens (tertiary/aromatic N) is 2. The van der Waals surface area contributed by atoms with Crippen molar-refractivity contribution in [3.8, 4) is 6.01 Å². The fraction of sp³-hybridized carbons (Fsp3) is 0.636. The Morgan fingerprint density at radius 3 is 2.67 bits per heavy atom. The average molecular weight is 274 g/mol. The van der Waals surface area contributed by atoms with Gasteiger partial charge >= 0.3 is 0 Å². The van der Waals surface area contributed by atoms with Crippen LogP contribution in [0, 0.1) is 6.92 Å². The van der Waals surface area contributed by atoms with E-state index in [9.17, 15) is 13.2 Å². The molecule has 0 radical (unpaired) electrons. The number of methoxy groups -OCH3 is 1. The molecule has 1 heterocycles. The van der Waals surface area contributed by atoms with Gasteiger partial charge in [0.05, 0.1) is 12.9 Å². The third kappa shape index (κ3) is 3.83. The first-order valence-corrected chi connectivity index (χ1v) is 7.54. The minimum Gasteiger partial charge on any atom is -0.468 e. The molecule has 0 bridgehead atoms. The maximum atomic E-state index is 11.7. The van der Waals surface area contributed by atoms with Gasteiger partial charge in [-0.25, -0.2) is 13.4 Å². The molecule has 0 fully saturated rings. The molecular weight excluding hydrogens is 256 g/mol. The summed E-state index contributed by atoms with van der Waals surface area (Å²) in [6, 6.07) is 1.62. The van der Waals surface area contributed by atoms with Crippen LogP contribution in [0.4, 0.5) is 0 Å². The summed E-state index contributed by atoms with van der Waals surface area (Å²) in [5, 5.41) is 0. The zero-order chi connectivity index (χ0) is 13.8. The zero-order valence-corrected chi connectivity index (χ0v) is 11.7. The highest BCUT2D eigenvalue weighted by Crippen LogP contribution is 2.06. The quantitative estimate of drug-likeness (QED) is 0.749. The van der Waals surface area contributed by atoms with Gasteiger partial charge < -0.3 is 4.74 Å². The standard InChI is InChI=1S/C11H18N2O4S/c1-4-18(15,16)7-5-6-13-10(14)8-9(2)12-11(13)17-3/h8H,4-7H2,1-3H3. The minimum absolute atomic E-state index is 0.0625. The Morgan fingerprint density at radius 2 is 2.11 bits per heavy atom. The highest BCUT2D eigenvalue weighted by molar-refractivity contribution is 7.91. The summed E-state index contributed by atoms with van der Waals surface area (Å²) in [5.74, 6) is 0.179. The molecule has 0 spiro atoms. The molecule has 0 aliphatic heterocycles. The maximum absolute atomic E-state index is 11.7. The Labute approximate surface area is 107 Å². The molecule has 7 heteroatoms. The molecule has 1 aromatic rings.